The predicted octanol–water partition coefficient (Wildman–Crippen LogP) is 2.41. The first-order valence-electron chi connectivity index (χ1n) is 5.56. The van der Waals surface area contributed by atoms with Gasteiger partial charge in [-0.05, 0) is 31.2 Å². The molecule has 1 aromatic carbocycles. The maximum atomic E-state index is 11.5. The van der Waals surface area contributed by atoms with E-state index in [0.717, 1.165) is 21.1 Å². The third-order valence-electron chi connectivity index (χ3n) is 2.75. The van der Waals surface area contributed by atoms with E-state index in [-0.39, 0.29) is 5.78 Å². The van der Waals surface area contributed by atoms with Crippen molar-refractivity contribution in [2.45, 2.75) is 13.8 Å². The lowest BCUT2D eigenvalue weighted by Gasteiger charge is -1.97. The minimum atomic E-state index is 0.0758. The predicted molar refractivity (Wildman–Crippen MR) is 74.1 cm³/mol. The Kier molecular flexibility index (Phi) is 3.34. The van der Waals surface area contributed by atoms with E-state index in [2.05, 4.69) is 4.99 Å². The zero-order valence-corrected chi connectivity index (χ0v) is 11.4. The summed E-state index contributed by atoms with van der Waals surface area (Å²) in [7, 11) is 1.91. The first-order chi connectivity index (χ1) is 8.49. The van der Waals surface area contributed by atoms with E-state index in [4.69, 9.17) is 5.73 Å². The lowest BCUT2D eigenvalue weighted by molar-refractivity contribution is 0.102. The zero-order valence-electron chi connectivity index (χ0n) is 10.6. The van der Waals surface area contributed by atoms with E-state index >= 15 is 0 Å². The average molecular weight is 261 g/mol. The second-order valence-electron chi connectivity index (χ2n) is 4.12. The second-order valence-corrected chi connectivity index (χ2v) is 5.10. The van der Waals surface area contributed by atoms with Gasteiger partial charge in [-0.25, -0.2) is 4.99 Å². The number of nitrogens with zero attached hydrogens (tertiary/aromatic N) is 2. The van der Waals surface area contributed by atoms with Crippen molar-refractivity contribution >= 4 is 28.5 Å². The van der Waals surface area contributed by atoms with E-state index in [1.807, 2.05) is 42.8 Å². The molecule has 0 fully saturated rings. The highest BCUT2D eigenvalue weighted by Crippen LogP contribution is 2.16. The summed E-state index contributed by atoms with van der Waals surface area (Å²) < 4.78 is 1.93. The Balaban J connectivity index is 2.54. The van der Waals surface area contributed by atoms with Gasteiger partial charge in [0.1, 0.15) is 0 Å². The summed E-state index contributed by atoms with van der Waals surface area (Å²) in [6.45, 7) is 3.50. The normalized spacial score (nSPS) is 11.8. The summed E-state index contributed by atoms with van der Waals surface area (Å²) in [5, 5.41) is 0. The molecular formula is C13H15N3OS. The van der Waals surface area contributed by atoms with E-state index in [1.165, 1.54) is 11.3 Å². The molecule has 2 rings (SSSR count). The topological polar surface area (TPSA) is 60.4 Å². The SMILES string of the molecule is CC(=O)c1s/c(=N\c2ccc(N)cc2)n(C)c1C. The van der Waals surface area contributed by atoms with Gasteiger partial charge in [-0.3, -0.25) is 4.79 Å². The standard InChI is InChI=1S/C13H15N3OS/c1-8-12(9(2)17)18-13(16(8)3)15-11-6-4-10(14)5-7-11/h4-7H,14H2,1-3H3/b15-13-. The summed E-state index contributed by atoms with van der Waals surface area (Å²) in [5.74, 6) is 0.0758. The molecule has 18 heavy (non-hydrogen) atoms. The van der Waals surface area contributed by atoms with E-state index < -0.39 is 0 Å². The molecule has 0 aliphatic carbocycles. The smallest absolute Gasteiger partial charge is 0.190 e. The lowest BCUT2D eigenvalue weighted by atomic mass is 10.3. The number of thiazole rings is 1. The number of ketones is 1. The first kappa shape index (κ1) is 12.6. The van der Waals surface area contributed by atoms with Crippen molar-refractivity contribution in [1.29, 1.82) is 0 Å². The van der Waals surface area contributed by atoms with Crippen molar-refractivity contribution in [3.05, 3.63) is 39.6 Å². The highest BCUT2D eigenvalue weighted by Gasteiger charge is 2.10. The summed E-state index contributed by atoms with van der Waals surface area (Å²) >= 11 is 1.41. The Morgan fingerprint density at radius 2 is 1.94 bits per heavy atom. The van der Waals surface area contributed by atoms with Crippen LogP contribution in [-0.2, 0) is 7.05 Å². The highest BCUT2D eigenvalue weighted by atomic mass is 32.1. The Morgan fingerprint density at radius 1 is 1.33 bits per heavy atom. The number of hydrogen-bond donors (Lipinski definition) is 1. The molecule has 1 aromatic heterocycles. The summed E-state index contributed by atoms with van der Waals surface area (Å²) in [5.41, 5.74) is 8.12. The van der Waals surface area contributed by atoms with Crippen molar-refractivity contribution < 1.29 is 4.79 Å². The molecule has 2 aromatic rings. The Bertz CT molecular complexity index is 650. The van der Waals surface area contributed by atoms with Crippen LogP contribution in [0.5, 0.6) is 0 Å². The molecule has 0 amide bonds. The highest BCUT2D eigenvalue weighted by molar-refractivity contribution is 7.11. The quantitative estimate of drug-likeness (QED) is 0.666. The Hall–Kier alpha value is -1.88. The second kappa shape index (κ2) is 4.78. The van der Waals surface area contributed by atoms with Crippen molar-refractivity contribution in [3.8, 4) is 0 Å². The van der Waals surface area contributed by atoms with Gasteiger partial charge in [0.05, 0.1) is 10.6 Å². The molecule has 4 nitrogen and oxygen atoms in total. The zero-order chi connectivity index (χ0) is 13.3. The average Bonchev–Trinajstić information content (AvgIpc) is 2.60. The molecule has 0 bridgehead atoms. The van der Waals surface area contributed by atoms with Gasteiger partial charge >= 0.3 is 0 Å². The minimum absolute atomic E-state index is 0.0758. The van der Waals surface area contributed by atoms with Crippen LogP contribution in [0.1, 0.15) is 22.3 Å². The molecule has 5 heteroatoms. The van der Waals surface area contributed by atoms with Gasteiger partial charge in [0.15, 0.2) is 10.6 Å². The molecule has 0 spiro atoms. The number of Topliss-reactive ketones (excluding diaryl/α,β-unsaturated/α-hetero) is 1. The summed E-state index contributed by atoms with van der Waals surface area (Å²) in [6.07, 6.45) is 0. The van der Waals surface area contributed by atoms with Crippen molar-refractivity contribution in [3.63, 3.8) is 0 Å². The third kappa shape index (κ3) is 2.36. The maximum Gasteiger partial charge on any atom is 0.190 e. The molecular weight excluding hydrogens is 246 g/mol. The third-order valence-corrected chi connectivity index (χ3v) is 4.08. The Labute approximate surface area is 109 Å². The molecule has 2 N–H and O–H groups in total. The molecule has 0 saturated heterocycles. The lowest BCUT2D eigenvalue weighted by Crippen LogP contribution is -2.10. The van der Waals surface area contributed by atoms with E-state index in [9.17, 15) is 4.79 Å². The maximum absolute atomic E-state index is 11.5. The van der Waals surface area contributed by atoms with E-state index in [0.29, 0.717) is 5.69 Å². The van der Waals surface area contributed by atoms with Crippen molar-refractivity contribution in [1.82, 2.24) is 4.57 Å². The number of carbonyl (C=O) groups excluding carboxylic acids is 1. The molecule has 94 valence electrons. The number of aromatic nitrogens is 1. The molecule has 1 heterocycles. The number of carbonyl (C=O) groups is 1. The Morgan fingerprint density at radius 3 is 2.44 bits per heavy atom. The van der Waals surface area contributed by atoms with Gasteiger partial charge < -0.3 is 10.3 Å². The number of nitrogen functional groups attached to an aromatic ring is 1. The van der Waals surface area contributed by atoms with Crippen molar-refractivity contribution in [2.24, 2.45) is 12.0 Å². The molecule has 0 aliphatic heterocycles. The fraction of sp³-hybridized carbons (Fsp3) is 0.231. The first-order valence-corrected chi connectivity index (χ1v) is 6.38. The van der Waals surface area contributed by atoms with Gasteiger partial charge in [-0.15, -0.1) is 0 Å². The minimum Gasteiger partial charge on any atom is -0.399 e. The molecule has 0 atom stereocenters. The van der Waals surface area contributed by atoms with Crippen LogP contribution in [0, 0.1) is 6.92 Å². The fourth-order valence-corrected chi connectivity index (χ4v) is 2.65. The van der Waals surface area contributed by atoms with Gasteiger partial charge in [0.25, 0.3) is 0 Å². The molecule has 0 saturated carbocycles. The van der Waals surface area contributed by atoms with Gasteiger partial charge in [0.2, 0.25) is 0 Å². The molecule has 0 radical (unpaired) electrons. The number of benzene rings is 1. The van der Waals surface area contributed by atoms with Crippen LogP contribution in [0.2, 0.25) is 0 Å². The number of hydrogen-bond acceptors (Lipinski definition) is 4. The van der Waals surface area contributed by atoms with Gasteiger partial charge in [-0.1, -0.05) is 11.3 Å². The van der Waals surface area contributed by atoms with Crippen LogP contribution in [0.3, 0.4) is 0 Å². The van der Waals surface area contributed by atoms with Crippen LogP contribution in [0.4, 0.5) is 11.4 Å². The molecule has 0 aliphatic rings. The van der Waals surface area contributed by atoms with E-state index in [1.54, 1.807) is 6.92 Å². The number of nitrogens with two attached hydrogens (primary N) is 1. The monoisotopic (exact) mass is 261 g/mol. The molecule has 0 unspecified atom stereocenters. The van der Waals surface area contributed by atoms with Crippen LogP contribution in [0.25, 0.3) is 0 Å². The van der Waals surface area contributed by atoms with Crippen LogP contribution in [-0.4, -0.2) is 10.4 Å². The van der Waals surface area contributed by atoms with Crippen molar-refractivity contribution in [2.75, 3.05) is 5.73 Å². The largest absolute Gasteiger partial charge is 0.399 e. The van der Waals surface area contributed by atoms with Crippen LogP contribution < -0.4 is 10.5 Å². The summed E-state index contributed by atoms with van der Waals surface area (Å²) in [4.78, 5) is 17.6. The van der Waals surface area contributed by atoms with Gasteiger partial charge in [0, 0.05) is 25.4 Å². The fourth-order valence-electron chi connectivity index (χ4n) is 1.61. The van der Waals surface area contributed by atoms with Crippen LogP contribution in [0.15, 0.2) is 29.3 Å². The van der Waals surface area contributed by atoms with Crippen LogP contribution >= 0.6 is 11.3 Å². The van der Waals surface area contributed by atoms with Gasteiger partial charge in [-0.2, -0.15) is 0 Å². The summed E-state index contributed by atoms with van der Waals surface area (Å²) in [6, 6.07) is 7.34. The number of rotatable bonds is 2. The number of anilines is 1.